The van der Waals surface area contributed by atoms with Crippen LogP contribution in [0.1, 0.15) is 32.9 Å². The topological polar surface area (TPSA) is 91.4 Å². The van der Waals surface area contributed by atoms with Gasteiger partial charge in [-0.25, -0.2) is 4.98 Å². The minimum Gasteiger partial charge on any atom is -0.507 e. The van der Waals surface area contributed by atoms with Crippen molar-refractivity contribution in [1.82, 2.24) is 15.2 Å². The highest BCUT2D eigenvalue weighted by Gasteiger charge is 2.24. The lowest BCUT2D eigenvalue weighted by Crippen LogP contribution is -2.35. The molecule has 0 amide bonds. The Bertz CT molecular complexity index is 1180. The molecule has 0 spiro atoms. The molecular weight excluding hydrogens is 412 g/mol. The number of benzene rings is 1. The molecule has 4 rings (SSSR count). The van der Waals surface area contributed by atoms with Gasteiger partial charge >= 0.3 is 0 Å². The monoisotopic (exact) mass is 442 g/mol. The van der Waals surface area contributed by atoms with E-state index in [9.17, 15) is 5.11 Å². The number of hydrogen-bond acceptors (Lipinski definition) is 7. The maximum absolute atomic E-state index is 10.2. The second-order valence-corrected chi connectivity index (χ2v) is 8.66. The number of phenolic OH excluding ortho intramolecular Hbond substituents is 1. The number of pyridine rings is 1. The van der Waals surface area contributed by atoms with Crippen LogP contribution in [0.3, 0.4) is 0 Å². The summed E-state index contributed by atoms with van der Waals surface area (Å²) in [5.41, 5.74) is 10.2. The molecule has 3 aromatic rings. The van der Waals surface area contributed by atoms with Gasteiger partial charge in [0.25, 0.3) is 0 Å². The van der Waals surface area contributed by atoms with Crippen LogP contribution in [0.5, 0.6) is 5.75 Å². The third-order valence-electron chi connectivity index (χ3n) is 5.85. The number of para-hydroxylation sites is 1. The molecule has 0 unspecified atom stereocenters. The van der Waals surface area contributed by atoms with Gasteiger partial charge in [0.1, 0.15) is 11.4 Å². The molecule has 7 heteroatoms. The normalized spacial score (nSPS) is 16.3. The van der Waals surface area contributed by atoms with E-state index in [4.69, 9.17) is 5.73 Å². The molecule has 0 radical (unpaired) electrons. The second-order valence-electron chi connectivity index (χ2n) is 8.66. The van der Waals surface area contributed by atoms with E-state index < -0.39 is 0 Å². The van der Waals surface area contributed by atoms with Crippen LogP contribution in [0.2, 0.25) is 0 Å². The molecular formula is C26H30N6O. The van der Waals surface area contributed by atoms with Crippen molar-refractivity contribution in [3.63, 3.8) is 0 Å². The smallest absolute Gasteiger partial charge is 0.169 e. The molecule has 1 aromatic carbocycles. The molecule has 170 valence electrons. The van der Waals surface area contributed by atoms with Crippen molar-refractivity contribution in [3.8, 4) is 28.8 Å². The van der Waals surface area contributed by atoms with Crippen LogP contribution in [0, 0.1) is 17.8 Å². The highest BCUT2D eigenvalue weighted by molar-refractivity contribution is 5.74. The Morgan fingerprint density at radius 3 is 2.70 bits per heavy atom. The first kappa shape index (κ1) is 22.4. The van der Waals surface area contributed by atoms with Crippen LogP contribution in [-0.2, 0) is 0 Å². The van der Waals surface area contributed by atoms with Crippen LogP contribution < -0.4 is 15.5 Å². The first-order chi connectivity index (χ1) is 15.9. The predicted octanol–water partition coefficient (Wildman–Crippen LogP) is 3.94. The molecule has 0 saturated carbocycles. The summed E-state index contributed by atoms with van der Waals surface area (Å²) in [5.74, 6) is 7.24. The zero-order valence-corrected chi connectivity index (χ0v) is 19.4. The van der Waals surface area contributed by atoms with Crippen LogP contribution in [0.25, 0.3) is 11.3 Å². The van der Waals surface area contributed by atoms with Gasteiger partial charge in [0.15, 0.2) is 5.82 Å². The van der Waals surface area contributed by atoms with Gasteiger partial charge in [-0.2, -0.15) is 0 Å². The standard InChI is InChI=1S/C26H30N6O/c1-18(2)8-9-20-16-21(10-12-28-20)32-15-14-31(13-11-19(32)3)24-17-23(29-30-26(24)27)22-6-4-5-7-25(22)33/h4-7,10,12,16-19,33H,11,13-15H2,1-3H3,(H2,27,30)/t19-/m0/s1. The number of nitrogens with zero attached hydrogens (tertiary/aromatic N) is 5. The van der Waals surface area contributed by atoms with Crippen molar-refractivity contribution < 1.29 is 5.11 Å². The Labute approximate surface area is 195 Å². The van der Waals surface area contributed by atoms with Gasteiger partial charge in [-0.1, -0.05) is 31.9 Å². The Kier molecular flexibility index (Phi) is 6.64. The number of phenols is 1. The van der Waals surface area contributed by atoms with Gasteiger partial charge < -0.3 is 20.6 Å². The SMILES string of the molecule is CC(C)C#Cc1cc(N2CCN(c3cc(-c4ccccc4O)nnc3N)CC[C@@H]2C)ccn1. The van der Waals surface area contributed by atoms with E-state index in [0.29, 0.717) is 29.0 Å². The lowest BCUT2D eigenvalue weighted by atomic mass is 10.1. The van der Waals surface area contributed by atoms with Gasteiger partial charge in [0, 0.05) is 49.0 Å². The summed E-state index contributed by atoms with van der Waals surface area (Å²) in [7, 11) is 0. The molecule has 0 bridgehead atoms. The highest BCUT2D eigenvalue weighted by Crippen LogP contribution is 2.32. The molecule has 0 aliphatic carbocycles. The Balaban J connectivity index is 1.57. The molecule has 3 heterocycles. The number of aromatic hydroxyl groups is 1. The van der Waals surface area contributed by atoms with Gasteiger partial charge in [-0.05, 0) is 49.6 Å². The molecule has 1 aliphatic rings. The number of rotatable bonds is 3. The summed E-state index contributed by atoms with van der Waals surface area (Å²) in [4.78, 5) is 9.07. The van der Waals surface area contributed by atoms with Crippen molar-refractivity contribution >= 4 is 17.2 Å². The number of aromatic nitrogens is 3. The van der Waals surface area contributed by atoms with E-state index in [1.54, 1.807) is 12.1 Å². The lowest BCUT2D eigenvalue weighted by Gasteiger charge is -2.29. The molecule has 1 fully saturated rings. The number of nitrogens with two attached hydrogens (primary N) is 1. The van der Waals surface area contributed by atoms with Crippen molar-refractivity contribution in [2.45, 2.75) is 33.2 Å². The van der Waals surface area contributed by atoms with E-state index in [2.05, 4.69) is 63.7 Å². The molecule has 1 saturated heterocycles. The van der Waals surface area contributed by atoms with Gasteiger partial charge in [-0.3, -0.25) is 0 Å². The number of anilines is 3. The van der Waals surface area contributed by atoms with Crippen molar-refractivity contribution in [2.75, 3.05) is 35.2 Å². The number of hydrogen-bond donors (Lipinski definition) is 2. The lowest BCUT2D eigenvalue weighted by molar-refractivity contribution is 0.477. The number of nitrogen functional groups attached to an aromatic ring is 1. The minimum absolute atomic E-state index is 0.173. The Hall–Kier alpha value is -3.79. The summed E-state index contributed by atoms with van der Waals surface area (Å²) in [6, 6.07) is 13.5. The average molecular weight is 443 g/mol. The van der Waals surface area contributed by atoms with Crippen LogP contribution >= 0.6 is 0 Å². The van der Waals surface area contributed by atoms with Crippen LogP contribution in [-0.4, -0.2) is 46.0 Å². The highest BCUT2D eigenvalue weighted by atomic mass is 16.3. The Morgan fingerprint density at radius 1 is 1.09 bits per heavy atom. The van der Waals surface area contributed by atoms with E-state index in [1.165, 1.54) is 0 Å². The summed E-state index contributed by atoms with van der Waals surface area (Å²) in [6.45, 7) is 8.86. The summed E-state index contributed by atoms with van der Waals surface area (Å²) in [6.07, 6.45) is 2.79. The summed E-state index contributed by atoms with van der Waals surface area (Å²) < 4.78 is 0. The summed E-state index contributed by atoms with van der Waals surface area (Å²) >= 11 is 0. The molecule has 7 nitrogen and oxygen atoms in total. The molecule has 33 heavy (non-hydrogen) atoms. The fraction of sp³-hybridized carbons (Fsp3) is 0.346. The van der Waals surface area contributed by atoms with E-state index in [-0.39, 0.29) is 5.75 Å². The third-order valence-corrected chi connectivity index (χ3v) is 5.85. The van der Waals surface area contributed by atoms with E-state index in [1.807, 2.05) is 30.5 Å². The van der Waals surface area contributed by atoms with E-state index in [0.717, 1.165) is 43.1 Å². The average Bonchev–Trinajstić information content (AvgIpc) is 3.00. The first-order valence-electron chi connectivity index (χ1n) is 11.3. The molecule has 3 N–H and O–H groups in total. The molecule has 2 aromatic heterocycles. The van der Waals surface area contributed by atoms with E-state index >= 15 is 0 Å². The maximum atomic E-state index is 10.2. The largest absolute Gasteiger partial charge is 0.507 e. The first-order valence-corrected chi connectivity index (χ1v) is 11.3. The second kappa shape index (κ2) is 9.78. The minimum atomic E-state index is 0.173. The van der Waals surface area contributed by atoms with Crippen LogP contribution in [0.15, 0.2) is 48.7 Å². The summed E-state index contributed by atoms with van der Waals surface area (Å²) in [5, 5.41) is 18.6. The van der Waals surface area contributed by atoms with Gasteiger partial charge in [0.2, 0.25) is 0 Å². The van der Waals surface area contributed by atoms with Crippen LogP contribution in [0.4, 0.5) is 17.2 Å². The van der Waals surface area contributed by atoms with Crippen molar-refractivity contribution in [3.05, 3.63) is 54.4 Å². The van der Waals surface area contributed by atoms with Crippen molar-refractivity contribution in [1.29, 1.82) is 0 Å². The van der Waals surface area contributed by atoms with Gasteiger partial charge in [-0.15, -0.1) is 10.2 Å². The Morgan fingerprint density at radius 2 is 1.91 bits per heavy atom. The predicted molar refractivity (Wildman–Crippen MR) is 133 cm³/mol. The molecule has 1 aliphatic heterocycles. The quantitative estimate of drug-likeness (QED) is 0.594. The maximum Gasteiger partial charge on any atom is 0.169 e. The zero-order chi connectivity index (χ0) is 23.4. The fourth-order valence-corrected chi connectivity index (χ4v) is 4.03. The third kappa shape index (κ3) is 5.17. The zero-order valence-electron chi connectivity index (χ0n) is 19.4. The van der Waals surface area contributed by atoms with Crippen molar-refractivity contribution in [2.24, 2.45) is 5.92 Å². The molecule has 1 atom stereocenters. The fourth-order valence-electron chi connectivity index (χ4n) is 4.03. The van der Waals surface area contributed by atoms with Gasteiger partial charge in [0.05, 0.1) is 11.4 Å².